The molecule has 2 aromatic rings. The molecule has 0 heterocycles. The number of nitrogens with zero attached hydrogens (tertiary/aromatic N) is 1. The zero-order valence-electron chi connectivity index (χ0n) is 18.1. The predicted molar refractivity (Wildman–Crippen MR) is 124 cm³/mol. The van der Waals surface area contributed by atoms with Gasteiger partial charge in [-0.3, -0.25) is 9.59 Å². The minimum Gasteiger partial charge on any atom is -0.330 e. The minimum absolute atomic E-state index is 0.00591. The van der Waals surface area contributed by atoms with Crippen LogP contribution in [0.2, 0.25) is 0 Å². The van der Waals surface area contributed by atoms with E-state index in [1.807, 2.05) is 59.5 Å². The molecule has 5 nitrogen and oxygen atoms in total. The topological polar surface area (TPSA) is 75.4 Å². The normalized spacial score (nSPS) is 21.6. The van der Waals surface area contributed by atoms with Crippen LogP contribution in [0.25, 0.3) is 0 Å². The zero-order valence-corrected chi connectivity index (χ0v) is 18.1. The van der Waals surface area contributed by atoms with Gasteiger partial charge in [-0.25, -0.2) is 0 Å². The van der Waals surface area contributed by atoms with Gasteiger partial charge < -0.3 is 16.0 Å². The molecule has 4 rings (SSSR count). The first-order chi connectivity index (χ1) is 15.1. The van der Waals surface area contributed by atoms with Crippen LogP contribution >= 0.6 is 0 Å². The summed E-state index contributed by atoms with van der Waals surface area (Å²) in [5.74, 6) is 0.298. The maximum atomic E-state index is 13.4. The fourth-order valence-electron chi connectivity index (χ4n) is 4.94. The van der Waals surface area contributed by atoms with Gasteiger partial charge in [-0.15, -0.1) is 0 Å². The van der Waals surface area contributed by atoms with E-state index in [0.717, 1.165) is 62.6 Å². The molecular weight excluding hydrogens is 386 g/mol. The molecule has 164 valence electrons. The Labute approximate surface area is 185 Å². The summed E-state index contributed by atoms with van der Waals surface area (Å²) in [5.41, 5.74) is 9.00. The van der Waals surface area contributed by atoms with E-state index >= 15 is 0 Å². The maximum Gasteiger partial charge on any atom is 0.254 e. The lowest BCUT2D eigenvalue weighted by molar-refractivity contribution is -0.119. The number of benzene rings is 2. The molecule has 2 unspecified atom stereocenters. The first-order valence-electron chi connectivity index (χ1n) is 11.6. The third kappa shape index (κ3) is 5.34. The Morgan fingerprint density at radius 1 is 0.871 bits per heavy atom. The average molecular weight is 420 g/mol. The third-order valence-electron chi connectivity index (χ3n) is 6.76. The van der Waals surface area contributed by atoms with E-state index in [1.165, 1.54) is 0 Å². The van der Waals surface area contributed by atoms with Crippen LogP contribution in [-0.2, 0) is 11.3 Å². The molecule has 2 atom stereocenters. The Kier molecular flexibility index (Phi) is 7.03. The summed E-state index contributed by atoms with van der Waals surface area (Å²) in [6, 6.07) is 17.4. The summed E-state index contributed by atoms with van der Waals surface area (Å²) in [4.78, 5) is 27.7. The highest BCUT2D eigenvalue weighted by Gasteiger charge is 2.31. The molecule has 0 saturated heterocycles. The van der Waals surface area contributed by atoms with Gasteiger partial charge in [0, 0.05) is 35.8 Å². The largest absolute Gasteiger partial charge is 0.330 e. The second-order valence-corrected chi connectivity index (χ2v) is 8.98. The predicted octanol–water partition coefficient (Wildman–Crippen LogP) is 4.73. The molecule has 2 aliphatic rings. The molecule has 0 radical (unpaired) electrons. The van der Waals surface area contributed by atoms with Gasteiger partial charge in [0.05, 0.1) is 0 Å². The SMILES string of the molecule is NC1CCCCC1N(Cc1ccc(NC(=O)C2CCCC2)cc1)C(=O)c1ccccc1. The number of hydrogen-bond donors (Lipinski definition) is 2. The van der Waals surface area contributed by atoms with Gasteiger partial charge in [-0.05, 0) is 55.5 Å². The van der Waals surface area contributed by atoms with Gasteiger partial charge in [0.25, 0.3) is 5.91 Å². The van der Waals surface area contributed by atoms with Crippen LogP contribution < -0.4 is 11.1 Å². The van der Waals surface area contributed by atoms with E-state index in [4.69, 9.17) is 5.73 Å². The lowest BCUT2D eigenvalue weighted by Crippen LogP contribution is -2.51. The summed E-state index contributed by atoms with van der Waals surface area (Å²) >= 11 is 0. The van der Waals surface area contributed by atoms with E-state index < -0.39 is 0 Å². The molecule has 0 aromatic heterocycles. The number of anilines is 1. The monoisotopic (exact) mass is 419 g/mol. The smallest absolute Gasteiger partial charge is 0.254 e. The van der Waals surface area contributed by atoms with Crippen LogP contribution in [0.4, 0.5) is 5.69 Å². The summed E-state index contributed by atoms with van der Waals surface area (Å²) in [6.07, 6.45) is 8.38. The van der Waals surface area contributed by atoms with Crippen molar-refractivity contribution in [3.8, 4) is 0 Å². The van der Waals surface area contributed by atoms with Gasteiger partial charge in [-0.1, -0.05) is 56.0 Å². The van der Waals surface area contributed by atoms with Crippen molar-refractivity contribution in [2.45, 2.75) is 70.0 Å². The van der Waals surface area contributed by atoms with Crippen molar-refractivity contribution in [1.29, 1.82) is 0 Å². The Morgan fingerprint density at radius 3 is 2.19 bits per heavy atom. The van der Waals surface area contributed by atoms with E-state index in [2.05, 4.69) is 5.32 Å². The number of rotatable bonds is 6. The molecule has 0 bridgehead atoms. The zero-order chi connectivity index (χ0) is 21.6. The number of carbonyl (C=O) groups excluding carboxylic acids is 2. The average Bonchev–Trinajstić information content (AvgIpc) is 3.35. The highest BCUT2D eigenvalue weighted by Crippen LogP contribution is 2.27. The minimum atomic E-state index is 0.00591. The fourth-order valence-corrected chi connectivity index (χ4v) is 4.94. The molecule has 2 fully saturated rings. The molecule has 2 amide bonds. The van der Waals surface area contributed by atoms with Crippen molar-refractivity contribution in [3.05, 3.63) is 65.7 Å². The quantitative estimate of drug-likeness (QED) is 0.711. The lowest BCUT2D eigenvalue weighted by Gasteiger charge is -2.38. The van der Waals surface area contributed by atoms with Gasteiger partial charge in [-0.2, -0.15) is 0 Å². The summed E-state index contributed by atoms with van der Waals surface area (Å²) < 4.78 is 0. The van der Waals surface area contributed by atoms with Gasteiger partial charge in [0.2, 0.25) is 5.91 Å². The van der Waals surface area contributed by atoms with E-state index in [1.54, 1.807) is 0 Å². The van der Waals surface area contributed by atoms with Crippen molar-refractivity contribution in [2.24, 2.45) is 11.7 Å². The van der Waals surface area contributed by atoms with Crippen LogP contribution in [0, 0.1) is 5.92 Å². The van der Waals surface area contributed by atoms with Crippen molar-refractivity contribution in [3.63, 3.8) is 0 Å². The first kappa shape index (κ1) is 21.6. The Morgan fingerprint density at radius 2 is 1.52 bits per heavy atom. The number of amides is 2. The van der Waals surface area contributed by atoms with Gasteiger partial charge in [0.15, 0.2) is 0 Å². The van der Waals surface area contributed by atoms with E-state index in [-0.39, 0.29) is 29.8 Å². The molecule has 0 spiro atoms. The van der Waals surface area contributed by atoms with Gasteiger partial charge >= 0.3 is 0 Å². The second-order valence-electron chi connectivity index (χ2n) is 8.98. The number of nitrogens with one attached hydrogen (secondary N) is 1. The van der Waals surface area contributed by atoms with Crippen LogP contribution in [0.1, 0.15) is 67.3 Å². The van der Waals surface area contributed by atoms with Crippen molar-refractivity contribution in [1.82, 2.24) is 4.90 Å². The second kappa shape index (κ2) is 10.1. The van der Waals surface area contributed by atoms with Crippen LogP contribution in [0.15, 0.2) is 54.6 Å². The molecular formula is C26H33N3O2. The Balaban J connectivity index is 1.48. The molecule has 31 heavy (non-hydrogen) atoms. The standard InChI is InChI=1S/C26H33N3O2/c27-23-12-6-7-13-24(23)29(26(31)21-10-2-1-3-11-21)18-19-14-16-22(17-15-19)28-25(30)20-8-4-5-9-20/h1-3,10-11,14-17,20,23-24H,4-9,12-13,18,27H2,(H,28,30). The molecule has 2 aromatic carbocycles. The highest BCUT2D eigenvalue weighted by atomic mass is 16.2. The molecule has 0 aliphatic heterocycles. The summed E-state index contributed by atoms with van der Waals surface area (Å²) in [7, 11) is 0. The first-order valence-corrected chi connectivity index (χ1v) is 11.6. The molecule has 5 heteroatoms. The third-order valence-corrected chi connectivity index (χ3v) is 6.76. The Hall–Kier alpha value is -2.66. The van der Waals surface area contributed by atoms with E-state index in [0.29, 0.717) is 12.1 Å². The molecule has 2 saturated carbocycles. The summed E-state index contributed by atoms with van der Waals surface area (Å²) in [6.45, 7) is 0.517. The number of nitrogens with two attached hydrogens (primary N) is 1. The molecule has 2 aliphatic carbocycles. The van der Waals surface area contributed by atoms with Crippen molar-refractivity contribution >= 4 is 17.5 Å². The van der Waals surface area contributed by atoms with Crippen molar-refractivity contribution < 1.29 is 9.59 Å². The van der Waals surface area contributed by atoms with Crippen molar-refractivity contribution in [2.75, 3.05) is 5.32 Å². The molecule has 3 N–H and O–H groups in total. The number of hydrogen-bond acceptors (Lipinski definition) is 3. The van der Waals surface area contributed by atoms with Crippen LogP contribution in [0.5, 0.6) is 0 Å². The summed E-state index contributed by atoms with van der Waals surface area (Å²) in [5, 5.41) is 3.04. The lowest BCUT2D eigenvalue weighted by atomic mass is 9.89. The van der Waals surface area contributed by atoms with E-state index in [9.17, 15) is 9.59 Å². The van der Waals surface area contributed by atoms with Crippen LogP contribution in [-0.4, -0.2) is 28.8 Å². The fraction of sp³-hybridized carbons (Fsp3) is 0.462. The van der Waals surface area contributed by atoms with Crippen LogP contribution in [0.3, 0.4) is 0 Å². The number of carbonyl (C=O) groups is 2. The maximum absolute atomic E-state index is 13.4. The van der Waals surface area contributed by atoms with Gasteiger partial charge in [0.1, 0.15) is 0 Å². The Bertz CT molecular complexity index is 875. The highest BCUT2D eigenvalue weighted by molar-refractivity contribution is 5.94.